The summed E-state index contributed by atoms with van der Waals surface area (Å²) in [5.74, 6) is 0.124. The zero-order valence-electron chi connectivity index (χ0n) is 27.0. The topological polar surface area (TPSA) is 75.0 Å². The van der Waals surface area contributed by atoms with Gasteiger partial charge in [0, 0.05) is 35.4 Å². The van der Waals surface area contributed by atoms with Crippen LogP contribution in [0.2, 0.25) is 0 Å². The Kier molecular flexibility index (Phi) is 7.61. The number of fused-ring (bicyclic) bond motifs is 2. The van der Waals surface area contributed by atoms with E-state index in [4.69, 9.17) is 9.82 Å². The Bertz CT molecular complexity index is 1910. The number of hydrogen-bond acceptors (Lipinski definition) is 6. The first-order chi connectivity index (χ1) is 22.1. The van der Waals surface area contributed by atoms with Crippen LogP contribution in [-0.4, -0.2) is 45.3 Å². The number of nitrogens with one attached hydrogen (secondary N) is 1. The van der Waals surface area contributed by atoms with Gasteiger partial charge in [-0.1, -0.05) is 51.1 Å². The normalized spacial score (nSPS) is 15.8. The molecule has 0 unspecified atom stereocenters. The minimum Gasteiger partial charge on any atom is -0.337 e. The molecular formula is C37H39FN6O2. The zero-order valence-corrected chi connectivity index (χ0v) is 27.0. The molecular weight excluding hydrogens is 579 g/mol. The van der Waals surface area contributed by atoms with E-state index >= 15 is 4.39 Å². The second-order valence-corrected chi connectivity index (χ2v) is 13.5. The molecule has 1 N–H and O–H groups in total. The summed E-state index contributed by atoms with van der Waals surface area (Å²) >= 11 is 0. The highest BCUT2D eigenvalue weighted by atomic mass is 19.1. The summed E-state index contributed by atoms with van der Waals surface area (Å²) in [4.78, 5) is 31.6. The van der Waals surface area contributed by atoms with Crippen LogP contribution in [0.1, 0.15) is 72.1 Å². The number of hydroxylamine groups is 1. The molecule has 9 heteroatoms. The molecule has 0 bridgehead atoms. The lowest BCUT2D eigenvalue weighted by molar-refractivity contribution is 0.0675. The molecule has 0 atom stereocenters. The summed E-state index contributed by atoms with van der Waals surface area (Å²) in [5, 5.41) is 4.69. The van der Waals surface area contributed by atoms with Gasteiger partial charge in [0.2, 0.25) is 0 Å². The zero-order chi connectivity index (χ0) is 32.2. The van der Waals surface area contributed by atoms with Crippen molar-refractivity contribution in [3.63, 3.8) is 0 Å². The van der Waals surface area contributed by atoms with Gasteiger partial charge in [-0.05, 0) is 92.2 Å². The lowest BCUT2D eigenvalue weighted by Crippen LogP contribution is -2.29. The van der Waals surface area contributed by atoms with Crippen molar-refractivity contribution >= 4 is 28.7 Å². The number of nitrogens with zero attached hydrogens (tertiary/aromatic N) is 5. The molecule has 1 saturated heterocycles. The molecule has 7 rings (SSSR count). The van der Waals surface area contributed by atoms with Gasteiger partial charge in [0.25, 0.3) is 5.91 Å². The number of hydrogen-bond donors (Lipinski definition) is 1. The summed E-state index contributed by atoms with van der Waals surface area (Å²) in [6, 6.07) is 17.6. The van der Waals surface area contributed by atoms with Gasteiger partial charge < -0.3 is 14.6 Å². The van der Waals surface area contributed by atoms with Gasteiger partial charge in [-0.3, -0.25) is 9.63 Å². The van der Waals surface area contributed by atoms with E-state index in [1.165, 1.54) is 29.5 Å². The van der Waals surface area contributed by atoms with Crippen LogP contribution < -0.4 is 10.4 Å². The van der Waals surface area contributed by atoms with Crippen molar-refractivity contribution in [2.75, 3.05) is 30.5 Å². The van der Waals surface area contributed by atoms with Gasteiger partial charge in [-0.25, -0.2) is 14.4 Å². The predicted octanol–water partition coefficient (Wildman–Crippen LogP) is 7.79. The number of aryl methyl sites for hydroxylation is 1. The fourth-order valence-corrected chi connectivity index (χ4v) is 6.54. The van der Waals surface area contributed by atoms with Gasteiger partial charge in [-0.15, -0.1) is 0 Å². The maximum Gasteiger partial charge on any atom is 0.285 e. The third kappa shape index (κ3) is 5.54. The van der Waals surface area contributed by atoms with Crippen molar-refractivity contribution in [2.45, 2.75) is 58.5 Å². The van der Waals surface area contributed by atoms with E-state index in [0.29, 0.717) is 34.3 Å². The first-order valence-electron chi connectivity index (χ1n) is 15.9. The Morgan fingerprint density at radius 3 is 2.54 bits per heavy atom. The third-order valence-corrected chi connectivity index (χ3v) is 9.27. The number of amides is 1. The highest BCUT2D eigenvalue weighted by Gasteiger charge is 2.33. The van der Waals surface area contributed by atoms with Crippen molar-refractivity contribution in [1.82, 2.24) is 19.3 Å². The second kappa shape index (κ2) is 11.6. The number of piperidine rings is 1. The predicted molar refractivity (Wildman–Crippen MR) is 179 cm³/mol. The molecule has 46 heavy (non-hydrogen) atoms. The molecule has 0 aliphatic carbocycles. The molecule has 0 radical (unpaired) electrons. The molecule has 8 nitrogen and oxygen atoms in total. The molecule has 2 aromatic heterocycles. The highest BCUT2D eigenvalue weighted by Crippen LogP contribution is 2.39. The Morgan fingerprint density at radius 1 is 1.07 bits per heavy atom. The Balaban J connectivity index is 1.19. The van der Waals surface area contributed by atoms with Crippen LogP contribution in [0.3, 0.4) is 0 Å². The maximum absolute atomic E-state index is 15.4. The minimum absolute atomic E-state index is 0.0116. The van der Waals surface area contributed by atoms with Crippen LogP contribution in [-0.2, 0) is 16.9 Å². The number of likely N-dealkylation sites (tertiary alicyclic amines) is 1. The monoisotopic (exact) mass is 618 g/mol. The Morgan fingerprint density at radius 2 is 1.83 bits per heavy atom. The van der Waals surface area contributed by atoms with Crippen LogP contribution in [0.25, 0.3) is 16.9 Å². The van der Waals surface area contributed by atoms with Crippen LogP contribution in [0.15, 0.2) is 73.2 Å². The average molecular weight is 619 g/mol. The third-order valence-electron chi connectivity index (χ3n) is 9.27. The molecule has 0 saturated carbocycles. The van der Waals surface area contributed by atoms with E-state index in [9.17, 15) is 4.79 Å². The highest BCUT2D eigenvalue weighted by molar-refractivity contribution is 6.07. The number of carbonyl (C=O) groups is 1. The summed E-state index contributed by atoms with van der Waals surface area (Å²) in [6.07, 6.45) is 7.90. The van der Waals surface area contributed by atoms with Gasteiger partial charge in [0.15, 0.2) is 11.5 Å². The van der Waals surface area contributed by atoms with E-state index in [0.717, 1.165) is 35.5 Å². The molecule has 236 valence electrons. The van der Waals surface area contributed by atoms with Crippen molar-refractivity contribution in [1.29, 1.82) is 0 Å². The fraction of sp³-hybridized carbons (Fsp3) is 0.324. The minimum atomic E-state index is -0.551. The van der Waals surface area contributed by atoms with Gasteiger partial charge in [0.1, 0.15) is 12.4 Å². The quantitative estimate of drug-likeness (QED) is 0.217. The van der Waals surface area contributed by atoms with Crippen molar-refractivity contribution in [3.8, 4) is 11.3 Å². The van der Waals surface area contributed by atoms with Crippen LogP contribution >= 0.6 is 0 Å². The number of halogens is 1. The number of imidazole rings is 1. The molecule has 2 aliphatic rings. The molecule has 1 fully saturated rings. The number of benzene rings is 3. The van der Waals surface area contributed by atoms with Crippen molar-refractivity contribution < 1.29 is 14.0 Å². The van der Waals surface area contributed by atoms with Crippen LogP contribution in [0.4, 0.5) is 21.6 Å². The number of anilines is 3. The molecule has 4 heterocycles. The molecule has 2 aliphatic heterocycles. The van der Waals surface area contributed by atoms with E-state index < -0.39 is 11.7 Å². The molecule has 3 aromatic carbocycles. The summed E-state index contributed by atoms with van der Waals surface area (Å²) in [6.45, 7) is 10.2. The van der Waals surface area contributed by atoms with Crippen LogP contribution in [0, 0.1) is 12.7 Å². The van der Waals surface area contributed by atoms with E-state index in [-0.39, 0.29) is 17.6 Å². The lowest BCUT2D eigenvalue weighted by atomic mass is 9.85. The number of aromatic nitrogens is 3. The Hall–Kier alpha value is -4.60. The summed E-state index contributed by atoms with van der Waals surface area (Å²) in [7, 11) is 2.18. The smallest absolute Gasteiger partial charge is 0.285 e. The summed E-state index contributed by atoms with van der Waals surface area (Å²) < 4.78 is 17.3. The van der Waals surface area contributed by atoms with Gasteiger partial charge in [-0.2, -0.15) is 5.06 Å². The van der Waals surface area contributed by atoms with Crippen LogP contribution in [0.5, 0.6) is 0 Å². The Labute approximate surface area is 268 Å². The molecule has 5 aromatic rings. The molecule has 1 amide bonds. The van der Waals surface area contributed by atoms with E-state index in [2.05, 4.69) is 46.5 Å². The largest absolute Gasteiger partial charge is 0.337 e. The average Bonchev–Trinajstić information content (AvgIpc) is 3.69. The lowest BCUT2D eigenvalue weighted by Gasteiger charge is -2.29. The van der Waals surface area contributed by atoms with E-state index in [1.807, 2.05) is 61.8 Å². The summed E-state index contributed by atoms with van der Waals surface area (Å²) in [5.41, 5.74) is 7.08. The number of rotatable bonds is 5. The SMILES string of the molecule is Cc1cc(C(C)(C)C)cc(F)c1C(=O)N1OCc2c(-c3cn4ccnc4c(Nc4ccc(C5CCN(C)CC5)cc4)n3)cccc21. The number of carbonyl (C=O) groups excluding carboxylic acids is 1. The van der Waals surface area contributed by atoms with Crippen molar-refractivity contribution in [2.24, 2.45) is 0 Å². The van der Waals surface area contributed by atoms with E-state index in [1.54, 1.807) is 13.1 Å². The fourth-order valence-electron chi connectivity index (χ4n) is 6.54. The van der Waals surface area contributed by atoms with Gasteiger partial charge in [0.05, 0.1) is 16.9 Å². The maximum atomic E-state index is 15.4. The molecule has 0 spiro atoms. The standard InChI is InChI=1S/C37H39FN6O2/c1-23-19-26(37(2,3)4)20-30(38)33(23)36(45)44-32-8-6-7-28(29(32)22-46-44)31-21-43-18-15-39-35(43)34(41-31)40-27-11-9-24(10-12-27)25-13-16-42(5)17-14-25/h6-12,15,18-21,25H,13-14,16-17,22H2,1-5H3,(H,40,41). The van der Waals surface area contributed by atoms with Gasteiger partial charge >= 0.3 is 0 Å². The second-order valence-electron chi connectivity index (χ2n) is 13.5. The van der Waals surface area contributed by atoms with Crippen molar-refractivity contribution in [3.05, 3.63) is 107 Å². The first-order valence-corrected chi connectivity index (χ1v) is 15.9. The first kappa shape index (κ1) is 30.1.